The highest BCUT2D eigenvalue weighted by atomic mass is 19.4. The second kappa shape index (κ2) is 10.0. The number of piperidine rings is 1. The van der Waals surface area contributed by atoms with E-state index in [4.69, 9.17) is 10.5 Å². The standard InChI is InChI=1S/C22H32F3N3O2/c1-2-27-21(29)28-13-5-8-19(26)20(28)14-30-16-11-9-15(10-12-16)17-6-3-4-7-18(17)22(23,24)25/h3-4,6-7,15-16,19-20H,2,5,8-14,26H2,1H3,(H,27,29)/t15-,16+,19-,20-/m0/s1. The van der Waals surface area contributed by atoms with Gasteiger partial charge >= 0.3 is 12.2 Å². The van der Waals surface area contributed by atoms with Gasteiger partial charge in [0.05, 0.1) is 24.3 Å². The number of likely N-dealkylation sites (tertiary alicyclic amines) is 1. The summed E-state index contributed by atoms with van der Waals surface area (Å²) in [5, 5.41) is 2.83. The predicted molar refractivity (Wildman–Crippen MR) is 109 cm³/mol. The van der Waals surface area contributed by atoms with Gasteiger partial charge in [-0.05, 0) is 63.0 Å². The van der Waals surface area contributed by atoms with E-state index >= 15 is 0 Å². The van der Waals surface area contributed by atoms with Gasteiger partial charge in [0.2, 0.25) is 0 Å². The van der Waals surface area contributed by atoms with Crippen LogP contribution in [0.15, 0.2) is 24.3 Å². The molecule has 2 fully saturated rings. The maximum absolute atomic E-state index is 13.3. The summed E-state index contributed by atoms with van der Waals surface area (Å²) in [4.78, 5) is 14.1. The Hall–Kier alpha value is -1.80. The molecule has 3 rings (SSSR count). The number of nitrogens with two attached hydrogens (primary N) is 1. The fourth-order valence-corrected chi connectivity index (χ4v) is 4.69. The van der Waals surface area contributed by atoms with Crippen LogP contribution in [0.5, 0.6) is 0 Å². The number of halogens is 3. The van der Waals surface area contributed by atoms with E-state index in [0.29, 0.717) is 50.9 Å². The summed E-state index contributed by atoms with van der Waals surface area (Å²) < 4.78 is 46.1. The minimum absolute atomic E-state index is 0.00971. The van der Waals surface area contributed by atoms with Crippen molar-refractivity contribution in [2.75, 3.05) is 19.7 Å². The number of ether oxygens (including phenoxy) is 1. The van der Waals surface area contributed by atoms with Gasteiger partial charge in [0.25, 0.3) is 0 Å². The molecule has 1 aromatic carbocycles. The zero-order valence-corrected chi connectivity index (χ0v) is 17.5. The van der Waals surface area contributed by atoms with E-state index in [1.807, 2.05) is 6.92 Å². The van der Waals surface area contributed by atoms with Crippen molar-refractivity contribution in [2.45, 2.75) is 75.7 Å². The number of hydrogen-bond donors (Lipinski definition) is 2. The summed E-state index contributed by atoms with van der Waals surface area (Å²) >= 11 is 0. The van der Waals surface area contributed by atoms with E-state index in [9.17, 15) is 18.0 Å². The molecule has 1 saturated heterocycles. The number of urea groups is 1. The third-order valence-corrected chi connectivity index (χ3v) is 6.30. The molecule has 0 bridgehead atoms. The van der Waals surface area contributed by atoms with Crippen LogP contribution in [0.2, 0.25) is 0 Å². The van der Waals surface area contributed by atoms with E-state index in [-0.39, 0.29) is 30.1 Å². The van der Waals surface area contributed by atoms with Crippen LogP contribution < -0.4 is 11.1 Å². The summed E-state index contributed by atoms with van der Waals surface area (Å²) in [6.07, 6.45) is 0.125. The van der Waals surface area contributed by atoms with Crippen LogP contribution >= 0.6 is 0 Å². The third-order valence-electron chi connectivity index (χ3n) is 6.30. The van der Waals surface area contributed by atoms with Crippen molar-refractivity contribution >= 4 is 6.03 Å². The van der Waals surface area contributed by atoms with Crippen molar-refractivity contribution in [1.29, 1.82) is 0 Å². The van der Waals surface area contributed by atoms with Gasteiger partial charge < -0.3 is 20.7 Å². The number of carbonyl (C=O) groups is 1. The van der Waals surface area contributed by atoms with Crippen LogP contribution in [0.4, 0.5) is 18.0 Å². The van der Waals surface area contributed by atoms with Crippen molar-refractivity contribution < 1.29 is 22.7 Å². The Morgan fingerprint density at radius 1 is 1.20 bits per heavy atom. The summed E-state index contributed by atoms with van der Waals surface area (Å²) in [6.45, 7) is 3.46. The largest absolute Gasteiger partial charge is 0.416 e. The Balaban J connectivity index is 1.55. The van der Waals surface area contributed by atoms with Crippen LogP contribution in [0.3, 0.4) is 0 Å². The van der Waals surface area contributed by atoms with Crippen molar-refractivity contribution in [2.24, 2.45) is 5.73 Å². The summed E-state index contributed by atoms with van der Waals surface area (Å²) in [6, 6.07) is 5.46. The molecule has 1 heterocycles. The molecule has 3 N–H and O–H groups in total. The number of rotatable bonds is 5. The van der Waals surface area contributed by atoms with Crippen molar-refractivity contribution in [3.8, 4) is 0 Å². The van der Waals surface area contributed by atoms with Gasteiger partial charge in [-0.3, -0.25) is 0 Å². The number of amides is 2. The van der Waals surface area contributed by atoms with Crippen LogP contribution in [-0.2, 0) is 10.9 Å². The van der Waals surface area contributed by atoms with E-state index in [0.717, 1.165) is 12.8 Å². The quantitative estimate of drug-likeness (QED) is 0.738. The normalized spacial score (nSPS) is 27.7. The highest BCUT2D eigenvalue weighted by Crippen LogP contribution is 2.41. The minimum atomic E-state index is -4.33. The lowest BCUT2D eigenvalue weighted by Crippen LogP contribution is -2.58. The first-order chi connectivity index (χ1) is 14.3. The van der Waals surface area contributed by atoms with E-state index < -0.39 is 11.7 Å². The van der Waals surface area contributed by atoms with Gasteiger partial charge in [0.1, 0.15) is 0 Å². The Morgan fingerprint density at radius 3 is 2.57 bits per heavy atom. The van der Waals surface area contributed by atoms with Gasteiger partial charge in [-0.2, -0.15) is 13.2 Å². The number of carbonyl (C=O) groups excluding carboxylic acids is 1. The molecule has 2 atom stereocenters. The van der Waals surface area contributed by atoms with Crippen molar-refractivity contribution in [1.82, 2.24) is 10.2 Å². The molecule has 1 aliphatic carbocycles. The lowest BCUT2D eigenvalue weighted by atomic mass is 9.81. The zero-order valence-electron chi connectivity index (χ0n) is 17.5. The Morgan fingerprint density at radius 2 is 1.90 bits per heavy atom. The molecule has 168 valence electrons. The molecular formula is C22H32F3N3O2. The van der Waals surface area contributed by atoms with Crippen molar-refractivity contribution in [3.05, 3.63) is 35.4 Å². The molecule has 30 heavy (non-hydrogen) atoms. The average molecular weight is 428 g/mol. The van der Waals surface area contributed by atoms with Crippen molar-refractivity contribution in [3.63, 3.8) is 0 Å². The molecule has 0 unspecified atom stereocenters. The van der Waals surface area contributed by atoms with E-state index in [1.165, 1.54) is 12.1 Å². The molecular weight excluding hydrogens is 395 g/mol. The molecule has 1 aromatic rings. The average Bonchev–Trinajstić information content (AvgIpc) is 2.72. The monoisotopic (exact) mass is 427 g/mol. The van der Waals surface area contributed by atoms with Crippen LogP contribution in [-0.4, -0.2) is 48.8 Å². The Labute approximate surface area is 176 Å². The summed E-state index contributed by atoms with van der Waals surface area (Å²) in [5.74, 6) is -0.105. The van der Waals surface area contributed by atoms with Gasteiger partial charge in [0, 0.05) is 19.1 Å². The van der Waals surface area contributed by atoms with E-state index in [2.05, 4.69) is 5.32 Å². The zero-order chi connectivity index (χ0) is 21.7. The van der Waals surface area contributed by atoms with Crippen LogP contribution in [0.25, 0.3) is 0 Å². The highest BCUT2D eigenvalue weighted by molar-refractivity contribution is 5.74. The van der Waals surface area contributed by atoms with Crippen LogP contribution in [0.1, 0.15) is 62.5 Å². The lowest BCUT2D eigenvalue weighted by Gasteiger charge is -2.40. The fourth-order valence-electron chi connectivity index (χ4n) is 4.69. The number of alkyl halides is 3. The summed E-state index contributed by atoms with van der Waals surface area (Å²) in [5.41, 5.74) is 6.13. The molecule has 1 saturated carbocycles. The SMILES string of the molecule is CCNC(=O)N1CCC[C@H](N)[C@@H]1CO[C@H]1CC[C@@H](c2ccccc2C(F)(F)F)CC1. The Bertz CT molecular complexity index is 705. The molecule has 0 radical (unpaired) electrons. The molecule has 0 aromatic heterocycles. The van der Waals surface area contributed by atoms with Gasteiger partial charge in [-0.15, -0.1) is 0 Å². The topological polar surface area (TPSA) is 67.6 Å². The first-order valence-electron chi connectivity index (χ1n) is 10.9. The lowest BCUT2D eigenvalue weighted by molar-refractivity contribution is -0.138. The first kappa shape index (κ1) is 22.9. The molecule has 1 aliphatic heterocycles. The molecule has 2 amide bonds. The number of benzene rings is 1. The smallest absolute Gasteiger partial charge is 0.376 e. The third kappa shape index (κ3) is 5.46. The molecule has 8 heteroatoms. The second-order valence-corrected chi connectivity index (χ2v) is 8.29. The maximum atomic E-state index is 13.3. The van der Waals surface area contributed by atoms with Crippen LogP contribution in [0, 0.1) is 0 Å². The van der Waals surface area contributed by atoms with Gasteiger partial charge in [-0.1, -0.05) is 18.2 Å². The molecule has 0 spiro atoms. The first-order valence-corrected chi connectivity index (χ1v) is 10.9. The maximum Gasteiger partial charge on any atom is 0.416 e. The van der Waals surface area contributed by atoms with Gasteiger partial charge in [-0.25, -0.2) is 4.79 Å². The Kier molecular flexibility index (Phi) is 7.63. The van der Waals surface area contributed by atoms with E-state index in [1.54, 1.807) is 17.0 Å². The number of nitrogens with zero attached hydrogens (tertiary/aromatic N) is 1. The minimum Gasteiger partial charge on any atom is -0.376 e. The molecule has 2 aliphatic rings. The fraction of sp³-hybridized carbons (Fsp3) is 0.682. The highest BCUT2D eigenvalue weighted by Gasteiger charge is 2.37. The second-order valence-electron chi connectivity index (χ2n) is 8.29. The predicted octanol–water partition coefficient (Wildman–Crippen LogP) is 4.27. The molecule has 5 nitrogen and oxygen atoms in total. The number of nitrogens with one attached hydrogen (secondary N) is 1. The summed E-state index contributed by atoms with van der Waals surface area (Å²) in [7, 11) is 0. The number of hydrogen-bond acceptors (Lipinski definition) is 3. The van der Waals surface area contributed by atoms with Gasteiger partial charge in [0.15, 0.2) is 0 Å².